The topological polar surface area (TPSA) is 123 Å². The molecule has 2 N–H and O–H groups in total. The average molecular weight is 263 g/mol. The number of rotatable bonds is 4. The second-order valence-corrected chi connectivity index (χ2v) is 3.61. The maximum Gasteiger partial charge on any atom is 0.307 e. The molecule has 9 heteroatoms. The summed E-state index contributed by atoms with van der Waals surface area (Å²) in [5.74, 6) is -1.19. The van der Waals surface area contributed by atoms with E-state index in [9.17, 15) is 19.7 Å². The van der Waals surface area contributed by atoms with Gasteiger partial charge in [0.15, 0.2) is 0 Å². The van der Waals surface area contributed by atoms with Crippen LogP contribution in [0.25, 0.3) is 0 Å². The van der Waals surface area contributed by atoms with Gasteiger partial charge in [0.1, 0.15) is 24.6 Å². The second-order valence-electron chi connectivity index (χ2n) is 3.61. The summed E-state index contributed by atoms with van der Waals surface area (Å²) in [5, 5.41) is 16.2. The molecule has 0 saturated carbocycles. The molecule has 0 aromatic carbocycles. The molecule has 0 aliphatic rings. The van der Waals surface area contributed by atoms with Crippen LogP contribution >= 0.6 is 0 Å². The van der Waals surface area contributed by atoms with Crippen molar-refractivity contribution in [2.45, 2.75) is 6.54 Å². The summed E-state index contributed by atoms with van der Waals surface area (Å²) in [5.41, 5.74) is 0.0308. The Labute approximate surface area is 106 Å². The second kappa shape index (κ2) is 5.12. The van der Waals surface area contributed by atoms with Crippen LogP contribution in [0, 0.1) is 10.1 Å². The van der Waals surface area contributed by atoms with Crippen LogP contribution < -0.4 is 5.32 Å². The Hall–Kier alpha value is -2.97. The summed E-state index contributed by atoms with van der Waals surface area (Å²) in [6, 6.07) is 3.14. The van der Waals surface area contributed by atoms with E-state index < -0.39 is 16.7 Å². The van der Waals surface area contributed by atoms with Crippen LogP contribution in [0.1, 0.15) is 10.5 Å². The third kappa shape index (κ3) is 3.03. The van der Waals surface area contributed by atoms with E-state index >= 15 is 0 Å². The monoisotopic (exact) mass is 263 g/mol. The lowest BCUT2D eigenvalue weighted by atomic mass is 10.4. The van der Waals surface area contributed by atoms with Gasteiger partial charge in [-0.05, 0) is 12.1 Å². The maximum atomic E-state index is 11.5. The first kappa shape index (κ1) is 12.5. The zero-order valence-electron chi connectivity index (χ0n) is 9.57. The van der Waals surface area contributed by atoms with E-state index in [-0.39, 0.29) is 17.9 Å². The number of carbonyl (C=O) groups excluding carboxylic acids is 2. The molecule has 2 aromatic rings. The van der Waals surface area contributed by atoms with Crippen LogP contribution in [0.2, 0.25) is 0 Å². The number of aromatic nitrogens is 3. The van der Waals surface area contributed by atoms with Crippen LogP contribution in [0.5, 0.6) is 0 Å². The third-order valence-electron chi connectivity index (χ3n) is 2.23. The summed E-state index contributed by atoms with van der Waals surface area (Å²) in [6.07, 6.45) is 3.69. The number of amides is 2. The SMILES string of the molecule is O=C(Cn1cc([N+](=O)[O-])cn1)NC(=O)c1ccc[nH]1. The Balaban J connectivity index is 1.94. The molecule has 0 bridgehead atoms. The summed E-state index contributed by atoms with van der Waals surface area (Å²) in [6.45, 7) is -0.277. The van der Waals surface area contributed by atoms with Crippen molar-refractivity contribution in [3.05, 3.63) is 46.5 Å². The number of H-pyrrole nitrogens is 1. The summed E-state index contributed by atoms with van der Waals surface area (Å²) in [4.78, 5) is 35.5. The number of nitrogens with one attached hydrogen (secondary N) is 2. The molecule has 0 unspecified atom stereocenters. The van der Waals surface area contributed by atoms with Gasteiger partial charge in [-0.3, -0.25) is 29.7 Å². The molecule has 2 amide bonds. The maximum absolute atomic E-state index is 11.5. The summed E-state index contributed by atoms with van der Waals surface area (Å²) < 4.78 is 1.08. The number of aromatic amines is 1. The molecule has 19 heavy (non-hydrogen) atoms. The smallest absolute Gasteiger partial charge is 0.307 e. The Morgan fingerprint density at radius 3 is 2.89 bits per heavy atom. The van der Waals surface area contributed by atoms with E-state index in [0.29, 0.717) is 0 Å². The number of nitro groups is 1. The fourth-order valence-corrected chi connectivity index (χ4v) is 1.39. The van der Waals surface area contributed by atoms with Crippen LogP contribution in [0.4, 0.5) is 5.69 Å². The number of imide groups is 1. The largest absolute Gasteiger partial charge is 0.357 e. The van der Waals surface area contributed by atoms with Gasteiger partial charge in [-0.15, -0.1) is 0 Å². The Bertz CT molecular complexity index is 616. The highest BCUT2D eigenvalue weighted by Crippen LogP contribution is 2.07. The lowest BCUT2D eigenvalue weighted by Gasteiger charge is -2.02. The third-order valence-corrected chi connectivity index (χ3v) is 2.23. The fraction of sp³-hybridized carbons (Fsp3) is 0.100. The summed E-state index contributed by atoms with van der Waals surface area (Å²) >= 11 is 0. The minimum absolute atomic E-state index is 0.219. The van der Waals surface area contributed by atoms with Crippen molar-refractivity contribution in [1.82, 2.24) is 20.1 Å². The van der Waals surface area contributed by atoms with E-state index in [1.165, 1.54) is 6.07 Å². The van der Waals surface area contributed by atoms with Gasteiger partial charge in [-0.2, -0.15) is 5.10 Å². The molecule has 0 spiro atoms. The van der Waals surface area contributed by atoms with E-state index in [4.69, 9.17) is 0 Å². The normalized spacial score (nSPS) is 10.1. The van der Waals surface area contributed by atoms with Gasteiger partial charge in [-0.1, -0.05) is 0 Å². The average Bonchev–Trinajstić information content (AvgIpc) is 2.98. The van der Waals surface area contributed by atoms with E-state index in [1.54, 1.807) is 12.3 Å². The Morgan fingerprint density at radius 1 is 1.53 bits per heavy atom. The molecule has 2 aromatic heterocycles. The molecule has 0 fully saturated rings. The quantitative estimate of drug-likeness (QED) is 0.597. The van der Waals surface area contributed by atoms with Crippen molar-refractivity contribution in [3.8, 4) is 0 Å². The van der Waals surface area contributed by atoms with Crippen molar-refractivity contribution in [1.29, 1.82) is 0 Å². The molecule has 0 aliphatic carbocycles. The van der Waals surface area contributed by atoms with E-state index in [2.05, 4.69) is 15.4 Å². The van der Waals surface area contributed by atoms with Gasteiger partial charge in [0.05, 0.1) is 4.92 Å². The van der Waals surface area contributed by atoms with Gasteiger partial charge in [0, 0.05) is 6.20 Å². The lowest BCUT2D eigenvalue weighted by Crippen LogP contribution is -2.33. The first-order chi connectivity index (χ1) is 9.06. The molecule has 2 rings (SSSR count). The van der Waals surface area contributed by atoms with E-state index in [1.807, 2.05) is 0 Å². The molecular weight excluding hydrogens is 254 g/mol. The molecule has 98 valence electrons. The zero-order valence-corrected chi connectivity index (χ0v) is 9.57. The Morgan fingerprint density at radius 2 is 2.32 bits per heavy atom. The highest BCUT2D eigenvalue weighted by Gasteiger charge is 2.14. The van der Waals surface area contributed by atoms with Crippen LogP contribution in [-0.2, 0) is 11.3 Å². The molecule has 0 atom stereocenters. The molecule has 0 radical (unpaired) electrons. The van der Waals surface area contributed by atoms with Gasteiger partial charge in [-0.25, -0.2) is 0 Å². The first-order valence-electron chi connectivity index (χ1n) is 5.20. The summed E-state index contributed by atoms with van der Waals surface area (Å²) in [7, 11) is 0. The molecule has 0 saturated heterocycles. The number of hydrogen-bond acceptors (Lipinski definition) is 5. The lowest BCUT2D eigenvalue weighted by molar-refractivity contribution is -0.385. The standard InChI is InChI=1S/C10H9N5O4/c16-9(13-10(17)8-2-1-3-11-8)6-14-5-7(4-12-14)15(18)19/h1-5,11H,6H2,(H,13,16,17). The molecule has 9 nitrogen and oxygen atoms in total. The first-order valence-corrected chi connectivity index (χ1v) is 5.20. The van der Waals surface area contributed by atoms with Crippen molar-refractivity contribution in [2.75, 3.05) is 0 Å². The number of nitrogens with zero attached hydrogens (tertiary/aromatic N) is 3. The van der Waals surface area contributed by atoms with Gasteiger partial charge < -0.3 is 4.98 Å². The van der Waals surface area contributed by atoms with Crippen LogP contribution in [0.3, 0.4) is 0 Å². The van der Waals surface area contributed by atoms with Crippen molar-refractivity contribution in [3.63, 3.8) is 0 Å². The molecule has 2 heterocycles. The van der Waals surface area contributed by atoms with Gasteiger partial charge in [0.2, 0.25) is 5.91 Å². The van der Waals surface area contributed by atoms with Crippen LogP contribution in [0.15, 0.2) is 30.7 Å². The highest BCUT2D eigenvalue weighted by molar-refractivity contribution is 6.03. The minimum Gasteiger partial charge on any atom is -0.357 e. The van der Waals surface area contributed by atoms with Crippen molar-refractivity contribution >= 4 is 17.5 Å². The highest BCUT2D eigenvalue weighted by atomic mass is 16.6. The van der Waals surface area contributed by atoms with Gasteiger partial charge in [0.25, 0.3) is 5.91 Å². The van der Waals surface area contributed by atoms with Crippen molar-refractivity contribution in [2.24, 2.45) is 0 Å². The van der Waals surface area contributed by atoms with Crippen molar-refractivity contribution < 1.29 is 14.5 Å². The fourth-order valence-electron chi connectivity index (χ4n) is 1.39. The van der Waals surface area contributed by atoms with E-state index in [0.717, 1.165) is 17.1 Å². The number of carbonyl (C=O) groups is 2. The molecular formula is C10H9N5O4. The minimum atomic E-state index is -0.620. The Kier molecular flexibility index (Phi) is 3.37. The molecule has 0 aliphatic heterocycles. The predicted octanol–water partition coefficient (Wildman–Crippen LogP) is 0.0760. The van der Waals surface area contributed by atoms with Gasteiger partial charge >= 0.3 is 5.69 Å². The zero-order chi connectivity index (χ0) is 13.8. The van der Waals surface area contributed by atoms with Crippen LogP contribution in [-0.4, -0.2) is 31.5 Å². The predicted molar refractivity (Wildman–Crippen MR) is 62.1 cm³/mol. The number of hydrogen-bond donors (Lipinski definition) is 2.